The van der Waals surface area contributed by atoms with E-state index in [1.807, 2.05) is 0 Å². The Morgan fingerprint density at radius 3 is 2.62 bits per heavy atom. The van der Waals surface area contributed by atoms with Gasteiger partial charge in [0, 0.05) is 12.1 Å². The number of halogens is 2. The molecule has 0 bridgehead atoms. The third-order valence-electron chi connectivity index (χ3n) is 3.12. The SMILES string of the molecule is CCCNCc1cc(F)ccc1Oc1ccc(F)c(C)c1. The van der Waals surface area contributed by atoms with E-state index in [2.05, 4.69) is 12.2 Å². The van der Waals surface area contributed by atoms with Crippen LogP contribution in [-0.4, -0.2) is 6.54 Å². The molecule has 0 saturated heterocycles. The van der Waals surface area contributed by atoms with E-state index in [-0.39, 0.29) is 11.6 Å². The lowest BCUT2D eigenvalue weighted by Gasteiger charge is -2.12. The van der Waals surface area contributed by atoms with Crippen molar-refractivity contribution in [2.75, 3.05) is 6.54 Å². The molecular weight excluding hydrogens is 272 g/mol. The maximum atomic E-state index is 13.4. The Kier molecular flexibility index (Phi) is 5.28. The summed E-state index contributed by atoms with van der Waals surface area (Å²) < 4.78 is 32.4. The Morgan fingerprint density at radius 2 is 1.90 bits per heavy atom. The van der Waals surface area contributed by atoms with Gasteiger partial charge >= 0.3 is 0 Å². The van der Waals surface area contributed by atoms with Crippen molar-refractivity contribution in [2.45, 2.75) is 26.8 Å². The first-order valence-electron chi connectivity index (χ1n) is 7.03. The number of hydrogen-bond donors (Lipinski definition) is 1. The average Bonchev–Trinajstić information content (AvgIpc) is 2.46. The van der Waals surface area contributed by atoms with Crippen LogP contribution in [0.25, 0.3) is 0 Å². The van der Waals surface area contributed by atoms with Crippen LogP contribution in [0, 0.1) is 18.6 Å². The standard InChI is InChI=1S/C17H19F2NO/c1-3-8-20-11-13-10-14(18)4-7-17(13)21-15-5-6-16(19)12(2)9-15/h4-7,9-10,20H,3,8,11H2,1-2H3. The molecule has 112 valence electrons. The molecule has 2 aromatic rings. The topological polar surface area (TPSA) is 21.3 Å². The van der Waals surface area contributed by atoms with Gasteiger partial charge in [0.05, 0.1) is 0 Å². The van der Waals surface area contributed by atoms with Gasteiger partial charge in [-0.1, -0.05) is 6.92 Å². The number of rotatable bonds is 6. The predicted molar refractivity (Wildman–Crippen MR) is 79.6 cm³/mol. The van der Waals surface area contributed by atoms with E-state index in [9.17, 15) is 8.78 Å². The van der Waals surface area contributed by atoms with Crippen molar-refractivity contribution in [2.24, 2.45) is 0 Å². The van der Waals surface area contributed by atoms with Gasteiger partial charge in [0.25, 0.3) is 0 Å². The van der Waals surface area contributed by atoms with Crippen molar-refractivity contribution in [3.05, 3.63) is 59.2 Å². The fourth-order valence-electron chi connectivity index (χ4n) is 1.99. The van der Waals surface area contributed by atoms with Gasteiger partial charge in [0.2, 0.25) is 0 Å². The van der Waals surface area contributed by atoms with Crippen molar-refractivity contribution in [3.63, 3.8) is 0 Å². The average molecular weight is 291 g/mol. The monoisotopic (exact) mass is 291 g/mol. The lowest BCUT2D eigenvalue weighted by atomic mass is 10.2. The van der Waals surface area contributed by atoms with Crippen molar-refractivity contribution >= 4 is 0 Å². The second-order valence-electron chi connectivity index (χ2n) is 4.94. The van der Waals surface area contributed by atoms with Gasteiger partial charge in [-0.3, -0.25) is 0 Å². The summed E-state index contributed by atoms with van der Waals surface area (Å²) in [6, 6.07) is 8.96. The van der Waals surface area contributed by atoms with Crippen LogP contribution < -0.4 is 10.1 Å². The molecule has 0 radical (unpaired) electrons. The smallest absolute Gasteiger partial charge is 0.132 e. The number of hydrogen-bond acceptors (Lipinski definition) is 2. The van der Waals surface area contributed by atoms with Gasteiger partial charge in [0.1, 0.15) is 23.1 Å². The molecule has 0 fully saturated rings. The normalized spacial score (nSPS) is 10.7. The van der Waals surface area contributed by atoms with Gasteiger partial charge in [-0.2, -0.15) is 0 Å². The molecule has 21 heavy (non-hydrogen) atoms. The highest BCUT2D eigenvalue weighted by Crippen LogP contribution is 2.27. The minimum Gasteiger partial charge on any atom is -0.457 e. The van der Waals surface area contributed by atoms with Crippen molar-refractivity contribution in [3.8, 4) is 11.5 Å². The molecular formula is C17H19F2NO. The molecule has 0 aliphatic carbocycles. The van der Waals surface area contributed by atoms with Crippen LogP contribution in [0.2, 0.25) is 0 Å². The van der Waals surface area contributed by atoms with Crippen molar-refractivity contribution in [1.29, 1.82) is 0 Å². The lowest BCUT2D eigenvalue weighted by molar-refractivity contribution is 0.467. The Morgan fingerprint density at radius 1 is 1.10 bits per heavy atom. The van der Waals surface area contributed by atoms with E-state index >= 15 is 0 Å². The minimum absolute atomic E-state index is 0.272. The van der Waals surface area contributed by atoms with E-state index in [4.69, 9.17) is 4.74 Å². The summed E-state index contributed by atoms with van der Waals surface area (Å²) in [5, 5.41) is 3.22. The molecule has 0 unspecified atom stereocenters. The zero-order valence-corrected chi connectivity index (χ0v) is 12.2. The van der Waals surface area contributed by atoms with Crippen LogP contribution in [0.4, 0.5) is 8.78 Å². The molecule has 0 aliphatic rings. The first-order chi connectivity index (χ1) is 10.1. The zero-order chi connectivity index (χ0) is 15.2. The third kappa shape index (κ3) is 4.26. The number of aryl methyl sites for hydroxylation is 1. The molecule has 4 heteroatoms. The summed E-state index contributed by atoms with van der Waals surface area (Å²) in [5.41, 5.74) is 1.26. The Labute approximate surface area is 123 Å². The van der Waals surface area contributed by atoms with Crippen LogP contribution in [0.1, 0.15) is 24.5 Å². The van der Waals surface area contributed by atoms with Crippen LogP contribution in [0.3, 0.4) is 0 Å². The summed E-state index contributed by atoms with van der Waals surface area (Å²) in [6.07, 6.45) is 1.00. The van der Waals surface area contributed by atoms with Crippen LogP contribution in [0.15, 0.2) is 36.4 Å². The highest BCUT2D eigenvalue weighted by molar-refractivity contribution is 5.39. The molecule has 0 saturated carbocycles. The summed E-state index contributed by atoms with van der Waals surface area (Å²) in [7, 11) is 0. The van der Waals surface area contributed by atoms with Crippen LogP contribution in [0.5, 0.6) is 11.5 Å². The highest BCUT2D eigenvalue weighted by Gasteiger charge is 2.08. The Balaban J connectivity index is 2.19. The maximum absolute atomic E-state index is 13.4. The van der Waals surface area contributed by atoms with Gasteiger partial charge in [-0.25, -0.2) is 8.78 Å². The first kappa shape index (κ1) is 15.4. The molecule has 2 nitrogen and oxygen atoms in total. The van der Waals surface area contributed by atoms with Gasteiger partial charge in [-0.05, 0) is 61.9 Å². The maximum Gasteiger partial charge on any atom is 0.132 e. The van der Waals surface area contributed by atoms with E-state index in [0.29, 0.717) is 23.6 Å². The molecule has 0 aromatic heterocycles. The first-order valence-corrected chi connectivity index (χ1v) is 7.03. The molecule has 1 N–H and O–H groups in total. The molecule has 0 aliphatic heterocycles. The number of benzene rings is 2. The molecule has 2 aromatic carbocycles. The highest BCUT2D eigenvalue weighted by atomic mass is 19.1. The molecule has 0 spiro atoms. The molecule has 0 atom stereocenters. The zero-order valence-electron chi connectivity index (χ0n) is 12.2. The minimum atomic E-state index is -0.300. The molecule has 0 heterocycles. The largest absolute Gasteiger partial charge is 0.457 e. The lowest BCUT2D eigenvalue weighted by Crippen LogP contribution is -2.14. The summed E-state index contributed by atoms with van der Waals surface area (Å²) in [5.74, 6) is 0.542. The number of ether oxygens (including phenoxy) is 1. The van der Waals surface area contributed by atoms with Gasteiger partial charge in [-0.15, -0.1) is 0 Å². The summed E-state index contributed by atoms with van der Waals surface area (Å²) >= 11 is 0. The predicted octanol–water partition coefficient (Wildman–Crippen LogP) is 4.57. The molecule has 0 amide bonds. The van der Waals surface area contributed by atoms with Crippen molar-refractivity contribution < 1.29 is 13.5 Å². The molecule has 2 rings (SSSR count). The second-order valence-corrected chi connectivity index (χ2v) is 4.94. The van der Waals surface area contributed by atoms with Crippen LogP contribution >= 0.6 is 0 Å². The summed E-state index contributed by atoms with van der Waals surface area (Å²) in [4.78, 5) is 0. The van der Waals surface area contributed by atoms with E-state index in [0.717, 1.165) is 18.5 Å². The third-order valence-corrected chi connectivity index (χ3v) is 3.12. The quantitative estimate of drug-likeness (QED) is 0.787. The second kappa shape index (κ2) is 7.18. The van der Waals surface area contributed by atoms with Crippen molar-refractivity contribution in [1.82, 2.24) is 5.32 Å². The van der Waals surface area contributed by atoms with Crippen LogP contribution in [-0.2, 0) is 6.54 Å². The van der Waals surface area contributed by atoms with Gasteiger partial charge in [0.15, 0.2) is 0 Å². The van der Waals surface area contributed by atoms with E-state index < -0.39 is 0 Å². The Bertz CT molecular complexity index is 614. The Hall–Kier alpha value is -1.94. The van der Waals surface area contributed by atoms with Gasteiger partial charge < -0.3 is 10.1 Å². The fourth-order valence-corrected chi connectivity index (χ4v) is 1.99. The van der Waals surface area contributed by atoms with E-state index in [1.165, 1.54) is 18.2 Å². The summed E-state index contributed by atoms with van der Waals surface area (Å²) in [6.45, 7) is 5.13. The number of nitrogens with one attached hydrogen (secondary N) is 1. The van der Waals surface area contributed by atoms with E-state index in [1.54, 1.807) is 25.1 Å². The fraction of sp³-hybridized carbons (Fsp3) is 0.294.